The van der Waals surface area contributed by atoms with Crippen LogP contribution in [0, 0.1) is 19.8 Å². The molecule has 0 bridgehead atoms. The minimum absolute atomic E-state index is 0.0207. The Balaban J connectivity index is 1.61. The van der Waals surface area contributed by atoms with E-state index in [1.807, 2.05) is 31.2 Å². The molecule has 1 aliphatic rings. The Morgan fingerprint density at radius 3 is 2.41 bits per heavy atom. The van der Waals surface area contributed by atoms with Gasteiger partial charge < -0.3 is 15.2 Å². The summed E-state index contributed by atoms with van der Waals surface area (Å²) in [6.07, 6.45) is 3.63. The van der Waals surface area contributed by atoms with E-state index in [1.54, 1.807) is 6.20 Å². The summed E-state index contributed by atoms with van der Waals surface area (Å²) in [5.41, 5.74) is 7.01. The molecule has 1 saturated heterocycles. The van der Waals surface area contributed by atoms with E-state index >= 15 is 0 Å². The van der Waals surface area contributed by atoms with Gasteiger partial charge >= 0.3 is 5.97 Å². The van der Waals surface area contributed by atoms with Crippen LogP contribution in [0.5, 0.6) is 0 Å². The van der Waals surface area contributed by atoms with Crippen molar-refractivity contribution in [2.75, 3.05) is 18.0 Å². The number of aliphatic carboxylic acids is 1. The van der Waals surface area contributed by atoms with Crippen molar-refractivity contribution in [3.8, 4) is 0 Å². The molecule has 2 N–H and O–H groups in total. The summed E-state index contributed by atoms with van der Waals surface area (Å²) in [5.74, 6) is -0.914. The Labute approximate surface area is 200 Å². The molecule has 1 fully saturated rings. The number of piperidine rings is 1. The number of pyridine rings is 1. The number of carbonyl (C=O) groups is 1. The molecule has 3 aromatic rings. The van der Waals surface area contributed by atoms with Gasteiger partial charge in [0.1, 0.15) is 0 Å². The lowest BCUT2D eigenvalue weighted by Crippen LogP contribution is -2.36. The van der Waals surface area contributed by atoms with E-state index in [-0.39, 0.29) is 11.8 Å². The Morgan fingerprint density at radius 1 is 1.09 bits per heavy atom. The lowest BCUT2D eigenvalue weighted by atomic mass is 9.83. The maximum atomic E-state index is 11.3. The summed E-state index contributed by atoms with van der Waals surface area (Å²) >= 11 is 0. The van der Waals surface area contributed by atoms with E-state index in [0.717, 1.165) is 35.6 Å². The van der Waals surface area contributed by atoms with Crippen LogP contribution in [0.1, 0.15) is 53.1 Å². The van der Waals surface area contributed by atoms with Gasteiger partial charge in [0, 0.05) is 48.6 Å². The fraction of sp³-hybridized carbons (Fsp3) is 0.321. The monoisotopic (exact) mass is 457 g/mol. The molecular weight excluding hydrogens is 426 g/mol. The number of carboxylic acid groups (broad SMARTS) is 1. The van der Waals surface area contributed by atoms with Crippen molar-refractivity contribution < 1.29 is 15.1 Å². The van der Waals surface area contributed by atoms with Gasteiger partial charge in [-0.15, -0.1) is 0 Å². The molecule has 1 aliphatic heterocycles. The maximum Gasteiger partial charge on any atom is 0.306 e. The fourth-order valence-electron chi connectivity index (χ4n) is 4.82. The highest BCUT2D eigenvalue weighted by atomic mass is 16.4. The number of oxime groups is 1. The van der Waals surface area contributed by atoms with Crippen molar-refractivity contribution in [1.82, 2.24) is 4.98 Å². The quantitative estimate of drug-likeness (QED) is 0.282. The van der Waals surface area contributed by atoms with Crippen LogP contribution < -0.4 is 4.90 Å². The van der Waals surface area contributed by atoms with E-state index < -0.39 is 5.97 Å². The van der Waals surface area contributed by atoms with Gasteiger partial charge in [-0.3, -0.25) is 9.78 Å². The average molecular weight is 458 g/mol. The first kappa shape index (κ1) is 23.5. The Bertz CT molecular complexity index is 1170. The Morgan fingerprint density at radius 2 is 1.79 bits per heavy atom. The molecule has 0 spiro atoms. The van der Waals surface area contributed by atoms with Gasteiger partial charge in [-0.25, -0.2) is 0 Å². The topological polar surface area (TPSA) is 86.0 Å². The molecule has 0 saturated carbocycles. The van der Waals surface area contributed by atoms with Crippen molar-refractivity contribution in [1.29, 1.82) is 0 Å². The van der Waals surface area contributed by atoms with E-state index in [1.165, 1.54) is 11.1 Å². The lowest BCUT2D eigenvalue weighted by molar-refractivity contribution is -0.142. The predicted molar refractivity (Wildman–Crippen MR) is 134 cm³/mol. The van der Waals surface area contributed by atoms with E-state index in [4.69, 9.17) is 0 Å². The minimum Gasteiger partial charge on any atom is -0.481 e. The zero-order chi connectivity index (χ0) is 24.1. The largest absolute Gasteiger partial charge is 0.481 e. The van der Waals surface area contributed by atoms with Gasteiger partial charge in [0.15, 0.2) is 0 Å². The number of rotatable bonds is 7. The first-order valence-electron chi connectivity index (χ1n) is 11.7. The number of hydrogen-bond acceptors (Lipinski definition) is 5. The average Bonchev–Trinajstić information content (AvgIpc) is 2.86. The zero-order valence-corrected chi connectivity index (χ0v) is 19.7. The molecule has 0 radical (unpaired) electrons. The van der Waals surface area contributed by atoms with Crippen molar-refractivity contribution in [2.24, 2.45) is 11.1 Å². The predicted octanol–water partition coefficient (Wildman–Crippen LogP) is 5.40. The second kappa shape index (κ2) is 10.5. The van der Waals surface area contributed by atoms with Gasteiger partial charge in [-0.05, 0) is 67.6 Å². The minimum atomic E-state index is -0.693. The van der Waals surface area contributed by atoms with E-state index in [9.17, 15) is 15.1 Å². The molecule has 4 rings (SSSR count). The molecule has 0 aliphatic carbocycles. The molecule has 176 valence electrons. The van der Waals surface area contributed by atoms with E-state index in [0.29, 0.717) is 25.0 Å². The number of nitrogens with zero attached hydrogens (tertiary/aromatic N) is 3. The second-order valence-electron chi connectivity index (χ2n) is 9.04. The summed E-state index contributed by atoms with van der Waals surface area (Å²) in [7, 11) is 0. The van der Waals surface area contributed by atoms with E-state index in [2.05, 4.69) is 58.4 Å². The molecule has 2 aromatic carbocycles. The van der Waals surface area contributed by atoms with Gasteiger partial charge in [-0.1, -0.05) is 41.6 Å². The molecule has 34 heavy (non-hydrogen) atoms. The van der Waals surface area contributed by atoms with Crippen LogP contribution in [0.25, 0.3) is 0 Å². The van der Waals surface area contributed by atoms with Crippen LogP contribution in [0.2, 0.25) is 0 Å². The normalized spacial score (nSPS) is 15.8. The lowest BCUT2D eigenvalue weighted by Gasteiger charge is -2.32. The van der Waals surface area contributed by atoms with Crippen LogP contribution in [0.4, 0.5) is 5.69 Å². The molecule has 6 heteroatoms. The first-order valence-corrected chi connectivity index (χ1v) is 11.7. The van der Waals surface area contributed by atoms with Crippen LogP contribution in [0.3, 0.4) is 0 Å². The van der Waals surface area contributed by atoms with Gasteiger partial charge in [-0.2, -0.15) is 0 Å². The fourth-order valence-corrected chi connectivity index (χ4v) is 4.82. The number of anilines is 1. The number of aromatic nitrogens is 1. The van der Waals surface area contributed by atoms with Crippen molar-refractivity contribution >= 4 is 17.4 Å². The van der Waals surface area contributed by atoms with Gasteiger partial charge in [0.05, 0.1) is 11.6 Å². The molecule has 6 nitrogen and oxygen atoms in total. The van der Waals surface area contributed by atoms with Crippen LogP contribution in [-0.4, -0.2) is 40.1 Å². The van der Waals surface area contributed by atoms with Crippen LogP contribution in [-0.2, 0) is 4.79 Å². The summed E-state index contributed by atoms with van der Waals surface area (Å²) < 4.78 is 0. The zero-order valence-electron chi connectivity index (χ0n) is 19.7. The van der Waals surface area contributed by atoms with Crippen molar-refractivity contribution in [3.05, 3.63) is 94.8 Å². The van der Waals surface area contributed by atoms with Crippen LogP contribution in [0.15, 0.2) is 72.0 Å². The Kier molecular flexibility index (Phi) is 7.26. The standard InChI is InChI=1S/C28H31N3O3/c1-19-5-3-4-6-25(19)26(18-27(30-34)23-11-14-29-20(2)17-23)21-7-9-24(10-8-21)31-15-12-22(13-16-31)28(32)33/h3-11,14,17,22,26,34H,12-13,15-16,18H2,1-2H3,(H,32,33)/b30-27-/t26-/m0/s1. The number of benzene rings is 2. The third-order valence-electron chi connectivity index (χ3n) is 6.82. The van der Waals surface area contributed by atoms with Crippen molar-refractivity contribution in [3.63, 3.8) is 0 Å². The first-order chi connectivity index (χ1) is 16.5. The maximum absolute atomic E-state index is 11.3. The highest BCUT2D eigenvalue weighted by Crippen LogP contribution is 2.33. The van der Waals surface area contributed by atoms with Crippen LogP contribution >= 0.6 is 0 Å². The SMILES string of the molecule is Cc1cc(/C(C[C@@H](c2ccc(N3CCC(C(=O)O)CC3)cc2)c2ccccc2C)=N\O)ccn1. The second-order valence-corrected chi connectivity index (χ2v) is 9.04. The number of hydrogen-bond donors (Lipinski definition) is 2. The highest BCUT2D eigenvalue weighted by molar-refractivity contribution is 6.01. The molecular formula is C28H31N3O3. The number of carboxylic acids is 1. The number of aryl methyl sites for hydroxylation is 2. The Hall–Kier alpha value is -3.67. The third kappa shape index (κ3) is 5.28. The summed E-state index contributed by atoms with van der Waals surface area (Å²) in [4.78, 5) is 17.8. The molecule has 0 unspecified atom stereocenters. The molecule has 2 heterocycles. The van der Waals surface area contributed by atoms with Gasteiger partial charge in [0.25, 0.3) is 0 Å². The third-order valence-corrected chi connectivity index (χ3v) is 6.82. The van der Waals surface area contributed by atoms with Gasteiger partial charge in [0.2, 0.25) is 0 Å². The summed E-state index contributed by atoms with van der Waals surface area (Å²) in [6.45, 7) is 5.53. The highest BCUT2D eigenvalue weighted by Gasteiger charge is 2.25. The smallest absolute Gasteiger partial charge is 0.306 e. The molecule has 1 atom stereocenters. The molecule has 0 amide bonds. The summed E-state index contributed by atoms with van der Waals surface area (Å²) in [6, 6.07) is 20.7. The molecule has 1 aromatic heterocycles. The summed E-state index contributed by atoms with van der Waals surface area (Å²) in [5, 5.41) is 22.8. The van der Waals surface area contributed by atoms with Crippen molar-refractivity contribution in [2.45, 2.75) is 39.0 Å².